The van der Waals surface area contributed by atoms with Crippen molar-refractivity contribution < 1.29 is 4.79 Å². The normalized spacial score (nSPS) is 48.5. The summed E-state index contributed by atoms with van der Waals surface area (Å²) in [6, 6.07) is 0. The molecule has 0 saturated carbocycles. The van der Waals surface area contributed by atoms with Gasteiger partial charge in [0.25, 0.3) is 0 Å². The van der Waals surface area contributed by atoms with Gasteiger partial charge in [0, 0.05) is 39.3 Å². The molecular formula is C13H23N3O. The number of hydrogen-bond donors (Lipinski definition) is 1. The fraction of sp³-hybridized carbons (Fsp3) is 0.923. The highest BCUT2D eigenvalue weighted by Crippen LogP contribution is 2.42. The highest BCUT2D eigenvalue weighted by Gasteiger charge is 2.60. The second-order valence-electron chi connectivity index (χ2n) is 6.11. The molecule has 0 aromatic carbocycles. The maximum absolute atomic E-state index is 12.9. The number of hydrogen-bond acceptors (Lipinski definition) is 4. The SMILES string of the molecule is CCCC12CN3CCN(C1)CC(NC)(C3)C2=O. The molecule has 4 fully saturated rings. The van der Waals surface area contributed by atoms with Crippen molar-refractivity contribution >= 4 is 5.78 Å². The lowest BCUT2D eigenvalue weighted by Gasteiger charge is -2.54. The Labute approximate surface area is 103 Å². The molecule has 0 amide bonds. The number of fused-ring (bicyclic) bond motifs is 1. The third kappa shape index (κ3) is 1.51. The van der Waals surface area contributed by atoms with Gasteiger partial charge in [-0.1, -0.05) is 13.3 Å². The second kappa shape index (κ2) is 3.77. The van der Waals surface area contributed by atoms with Crippen LogP contribution in [0.5, 0.6) is 0 Å². The van der Waals surface area contributed by atoms with Crippen molar-refractivity contribution in [1.29, 1.82) is 0 Å². The summed E-state index contributed by atoms with van der Waals surface area (Å²) in [6.45, 7) is 8.23. The average molecular weight is 237 g/mol. The van der Waals surface area contributed by atoms with E-state index in [1.165, 1.54) is 0 Å². The van der Waals surface area contributed by atoms with E-state index in [-0.39, 0.29) is 11.0 Å². The number of piperidine rings is 2. The molecule has 4 nitrogen and oxygen atoms in total. The van der Waals surface area contributed by atoms with Crippen molar-refractivity contribution in [3.8, 4) is 0 Å². The monoisotopic (exact) mass is 237 g/mol. The van der Waals surface area contributed by atoms with Crippen LogP contribution in [0, 0.1) is 5.41 Å². The Bertz CT molecular complexity index is 326. The summed E-state index contributed by atoms with van der Waals surface area (Å²) < 4.78 is 0. The van der Waals surface area contributed by atoms with E-state index in [9.17, 15) is 4.79 Å². The molecular weight excluding hydrogens is 214 g/mol. The summed E-state index contributed by atoms with van der Waals surface area (Å²) in [4.78, 5) is 17.9. The first-order valence-electron chi connectivity index (χ1n) is 6.83. The largest absolute Gasteiger partial charge is 0.306 e. The molecule has 2 atom stereocenters. The zero-order valence-corrected chi connectivity index (χ0v) is 11.0. The number of carbonyl (C=O) groups excluding carboxylic acids is 1. The third-order valence-electron chi connectivity index (χ3n) is 4.90. The predicted octanol–water partition coefficient (Wildman–Crippen LogP) is -0.0550. The van der Waals surface area contributed by atoms with Gasteiger partial charge in [0.2, 0.25) is 0 Å². The van der Waals surface area contributed by atoms with Crippen molar-refractivity contribution in [1.82, 2.24) is 15.1 Å². The Hall–Kier alpha value is -0.450. The first kappa shape index (κ1) is 11.6. The first-order valence-corrected chi connectivity index (χ1v) is 6.83. The molecule has 4 aliphatic rings. The predicted molar refractivity (Wildman–Crippen MR) is 67.0 cm³/mol. The van der Waals surface area contributed by atoms with E-state index in [0.29, 0.717) is 5.78 Å². The van der Waals surface area contributed by atoms with Crippen LogP contribution in [0.2, 0.25) is 0 Å². The van der Waals surface area contributed by atoms with Crippen LogP contribution in [-0.2, 0) is 4.79 Å². The number of rotatable bonds is 3. The highest BCUT2D eigenvalue weighted by atomic mass is 16.1. The van der Waals surface area contributed by atoms with E-state index < -0.39 is 0 Å². The maximum Gasteiger partial charge on any atom is 0.164 e. The molecule has 4 aliphatic heterocycles. The second-order valence-corrected chi connectivity index (χ2v) is 6.11. The number of nitrogens with one attached hydrogen (secondary N) is 1. The molecule has 96 valence electrons. The van der Waals surface area contributed by atoms with Crippen molar-refractivity contribution in [3.05, 3.63) is 0 Å². The lowest BCUT2D eigenvalue weighted by molar-refractivity contribution is -0.149. The van der Waals surface area contributed by atoms with Gasteiger partial charge in [-0.3, -0.25) is 14.6 Å². The molecule has 4 heterocycles. The van der Waals surface area contributed by atoms with Gasteiger partial charge in [-0.25, -0.2) is 0 Å². The minimum Gasteiger partial charge on any atom is -0.306 e. The van der Waals surface area contributed by atoms with Crippen molar-refractivity contribution in [2.75, 3.05) is 46.3 Å². The van der Waals surface area contributed by atoms with Crippen molar-refractivity contribution in [2.45, 2.75) is 25.3 Å². The molecule has 4 heteroatoms. The van der Waals surface area contributed by atoms with Crippen LogP contribution in [0.3, 0.4) is 0 Å². The van der Waals surface area contributed by atoms with E-state index in [1.54, 1.807) is 0 Å². The Balaban J connectivity index is 2.03. The molecule has 2 unspecified atom stereocenters. The molecule has 17 heavy (non-hydrogen) atoms. The van der Waals surface area contributed by atoms with E-state index in [0.717, 1.165) is 52.1 Å². The number of carbonyl (C=O) groups is 1. The molecule has 0 aromatic rings. The van der Waals surface area contributed by atoms with Crippen LogP contribution >= 0.6 is 0 Å². The molecule has 0 radical (unpaired) electrons. The Kier molecular flexibility index (Phi) is 2.58. The van der Waals surface area contributed by atoms with E-state index in [4.69, 9.17) is 0 Å². The minimum absolute atomic E-state index is 0.0925. The topological polar surface area (TPSA) is 35.6 Å². The van der Waals surface area contributed by atoms with Crippen molar-refractivity contribution in [3.63, 3.8) is 0 Å². The average Bonchev–Trinajstić information content (AvgIpc) is 2.53. The van der Waals surface area contributed by atoms with Gasteiger partial charge >= 0.3 is 0 Å². The quantitative estimate of drug-likeness (QED) is 0.746. The summed E-state index contributed by atoms with van der Waals surface area (Å²) in [5.41, 5.74) is -0.382. The molecule has 0 aliphatic carbocycles. The van der Waals surface area contributed by atoms with Crippen LogP contribution in [0.15, 0.2) is 0 Å². The van der Waals surface area contributed by atoms with E-state index >= 15 is 0 Å². The lowest BCUT2D eigenvalue weighted by Crippen LogP contribution is -2.75. The summed E-state index contributed by atoms with van der Waals surface area (Å²) >= 11 is 0. The fourth-order valence-electron chi connectivity index (χ4n) is 4.25. The minimum atomic E-state index is -0.290. The Morgan fingerprint density at radius 3 is 2.24 bits per heavy atom. The smallest absolute Gasteiger partial charge is 0.164 e. The van der Waals surface area contributed by atoms with Gasteiger partial charge in [0.05, 0.1) is 5.41 Å². The Morgan fingerprint density at radius 2 is 1.76 bits per heavy atom. The van der Waals surface area contributed by atoms with E-state index in [1.807, 2.05) is 7.05 Å². The molecule has 0 aromatic heterocycles. The number of ketones is 1. The van der Waals surface area contributed by atoms with Gasteiger partial charge < -0.3 is 5.32 Å². The van der Waals surface area contributed by atoms with Crippen LogP contribution in [-0.4, -0.2) is 67.4 Å². The van der Waals surface area contributed by atoms with Gasteiger partial charge in [0.15, 0.2) is 5.78 Å². The first-order chi connectivity index (χ1) is 8.14. The number of likely N-dealkylation sites (N-methyl/N-ethyl adjacent to an activating group) is 1. The molecule has 4 rings (SSSR count). The molecule has 4 bridgehead atoms. The fourth-order valence-corrected chi connectivity index (χ4v) is 4.25. The summed E-state index contributed by atoms with van der Waals surface area (Å²) in [5.74, 6) is 0.490. The lowest BCUT2D eigenvalue weighted by atomic mass is 9.65. The van der Waals surface area contributed by atoms with Crippen molar-refractivity contribution in [2.24, 2.45) is 5.41 Å². The zero-order valence-electron chi connectivity index (χ0n) is 11.0. The van der Waals surface area contributed by atoms with E-state index in [2.05, 4.69) is 22.0 Å². The zero-order chi connectivity index (χ0) is 12.1. The highest BCUT2D eigenvalue weighted by molar-refractivity contribution is 5.96. The van der Waals surface area contributed by atoms with Gasteiger partial charge in [-0.05, 0) is 13.5 Å². The van der Waals surface area contributed by atoms with Crippen LogP contribution in [0.4, 0.5) is 0 Å². The van der Waals surface area contributed by atoms with Gasteiger partial charge in [-0.15, -0.1) is 0 Å². The maximum atomic E-state index is 12.9. The van der Waals surface area contributed by atoms with Crippen LogP contribution < -0.4 is 5.32 Å². The molecule has 4 saturated heterocycles. The number of Topliss-reactive ketones (excluding diaryl/α,β-unsaturated/α-hetero) is 1. The molecule has 1 N–H and O–H groups in total. The number of nitrogens with zero attached hydrogens (tertiary/aromatic N) is 2. The van der Waals surface area contributed by atoms with Crippen LogP contribution in [0.1, 0.15) is 19.8 Å². The van der Waals surface area contributed by atoms with Gasteiger partial charge in [0.1, 0.15) is 5.54 Å². The third-order valence-corrected chi connectivity index (χ3v) is 4.90. The summed E-state index contributed by atoms with van der Waals surface area (Å²) in [6.07, 6.45) is 2.15. The summed E-state index contributed by atoms with van der Waals surface area (Å²) in [5, 5.41) is 3.35. The van der Waals surface area contributed by atoms with Crippen LogP contribution in [0.25, 0.3) is 0 Å². The Morgan fingerprint density at radius 1 is 1.18 bits per heavy atom. The molecule has 0 spiro atoms. The van der Waals surface area contributed by atoms with Gasteiger partial charge in [-0.2, -0.15) is 0 Å². The standard InChI is InChI=1S/C13H23N3O/c1-3-4-12-7-15-5-6-16(8-12)10-13(9-15,14-2)11(12)17/h14H,3-10H2,1-2H3. The summed E-state index contributed by atoms with van der Waals surface area (Å²) in [7, 11) is 1.95.